The summed E-state index contributed by atoms with van der Waals surface area (Å²) in [5.74, 6) is 0.775. The zero-order valence-electron chi connectivity index (χ0n) is 10.5. The summed E-state index contributed by atoms with van der Waals surface area (Å²) in [7, 11) is 4.11. The van der Waals surface area contributed by atoms with Gasteiger partial charge in [-0.3, -0.25) is 4.68 Å². The van der Waals surface area contributed by atoms with Crippen molar-refractivity contribution in [3.8, 4) is 0 Å². The third-order valence-electron chi connectivity index (χ3n) is 3.68. The Kier molecular flexibility index (Phi) is 3.99. The predicted molar refractivity (Wildman–Crippen MR) is 66.7 cm³/mol. The molecule has 0 aromatic carbocycles. The molecule has 90 valence electrons. The first-order chi connectivity index (χ1) is 7.83. The van der Waals surface area contributed by atoms with E-state index in [9.17, 15) is 0 Å². The molecular weight excluding hydrogens is 198 g/mol. The highest BCUT2D eigenvalue weighted by molar-refractivity contribution is 5.22. The molecular formula is C13H23N3. The molecule has 0 bridgehead atoms. The molecule has 2 rings (SSSR count). The van der Waals surface area contributed by atoms with Crippen molar-refractivity contribution in [3.63, 3.8) is 0 Å². The second kappa shape index (κ2) is 5.48. The van der Waals surface area contributed by atoms with Gasteiger partial charge in [0.2, 0.25) is 0 Å². The first kappa shape index (κ1) is 11.6. The normalized spacial score (nSPS) is 17.1. The Labute approximate surface area is 98.2 Å². The van der Waals surface area contributed by atoms with Gasteiger partial charge in [0.25, 0.3) is 0 Å². The Bertz CT molecular complexity index is 324. The van der Waals surface area contributed by atoms with Crippen LogP contribution in [-0.2, 0) is 13.5 Å². The number of aromatic nitrogens is 2. The SMILES string of the molecule is CNCCCc1cnn(C)c1C1CCCC1. The van der Waals surface area contributed by atoms with Crippen LogP contribution in [0.25, 0.3) is 0 Å². The van der Waals surface area contributed by atoms with Crippen molar-refractivity contribution >= 4 is 0 Å². The molecule has 1 aliphatic carbocycles. The molecule has 3 nitrogen and oxygen atoms in total. The summed E-state index contributed by atoms with van der Waals surface area (Å²) in [6.07, 6.45) is 9.96. The number of rotatable bonds is 5. The minimum absolute atomic E-state index is 0.775. The predicted octanol–water partition coefficient (Wildman–Crippen LogP) is 2.23. The lowest BCUT2D eigenvalue weighted by Crippen LogP contribution is -2.10. The zero-order valence-corrected chi connectivity index (χ0v) is 10.5. The van der Waals surface area contributed by atoms with Crippen LogP contribution >= 0.6 is 0 Å². The van der Waals surface area contributed by atoms with E-state index in [0.29, 0.717) is 0 Å². The fourth-order valence-corrected chi connectivity index (χ4v) is 2.87. The summed E-state index contributed by atoms with van der Waals surface area (Å²) in [5, 5.41) is 7.64. The molecule has 0 aliphatic heterocycles. The van der Waals surface area contributed by atoms with Crippen molar-refractivity contribution in [1.82, 2.24) is 15.1 Å². The third kappa shape index (κ3) is 2.46. The van der Waals surface area contributed by atoms with Crippen LogP contribution in [0.1, 0.15) is 49.3 Å². The molecule has 1 aromatic heterocycles. The summed E-state index contributed by atoms with van der Waals surface area (Å²) < 4.78 is 2.10. The number of nitrogens with zero attached hydrogens (tertiary/aromatic N) is 2. The largest absolute Gasteiger partial charge is 0.320 e. The number of hydrogen-bond donors (Lipinski definition) is 1. The summed E-state index contributed by atoms with van der Waals surface area (Å²) in [4.78, 5) is 0. The van der Waals surface area contributed by atoms with Gasteiger partial charge in [-0.25, -0.2) is 0 Å². The number of aryl methyl sites for hydroxylation is 2. The highest BCUT2D eigenvalue weighted by Gasteiger charge is 2.22. The summed E-state index contributed by atoms with van der Waals surface area (Å²) in [6.45, 7) is 1.10. The molecule has 0 saturated heterocycles. The van der Waals surface area contributed by atoms with Gasteiger partial charge < -0.3 is 5.32 Å². The lowest BCUT2D eigenvalue weighted by atomic mass is 9.98. The molecule has 1 aromatic rings. The molecule has 16 heavy (non-hydrogen) atoms. The first-order valence-corrected chi connectivity index (χ1v) is 6.48. The molecule has 0 radical (unpaired) electrons. The summed E-state index contributed by atoms with van der Waals surface area (Å²) in [5.41, 5.74) is 2.98. The zero-order chi connectivity index (χ0) is 11.4. The minimum atomic E-state index is 0.775. The van der Waals surface area contributed by atoms with E-state index < -0.39 is 0 Å². The van der Waals surface area contributed by atoms with Crippen LogP contribution in [-0.4, -0.2) is 23.4 Å². The molecule has 0 spiro atoms. The van der Waals surface area contributed by atoms with Crippen LogP contribution in [0.4, 0.5) is 0 Å². The summed E-state index contributed by atoms with van der Waals surface area (Å²) >= 11 is 0. The van der Waals surface area contributed by atoms with E-state index in [4.69, 9.17) is 0 Å². The first-order valence-electron chi connectivity index (χ1n) is 6.48. The van der Waals surface area contributed by atoms with Crippen molar-refractivity contribution in [2.45, 2.75) is 44.4 Å². The van der Waals surface area contributed by atoms with E-state index in [0.717, 1.165) is 12.5 Å². The van der Waals surface area contributed by atoms with E-state index in [1.165, 1.54) is 49.8 Å². The number of nitrogens with one attached hydrogen (secondary N) is 1. The van der Waals surface area contributed by atoms with E-state index in [1.807, 2.05) is 7.05 Å². The van der Waals surface area contributed by atoms with Crippen molar-refractivity contribution in [2.24, 2.45) is 7.05 Å². The fourth-order valence-electron chi connectivity index (χ4n) is 2.87. The minimum Gasteiger partial charge on any atom is -0.320 e. The van der Waals surface area contributed by atoms with Gasteiger partial charge in [-0.2, -0.15) is 5.10 Å². The van der Waals surface area contributed by atoms with Crippen LogP contribution in [0.15, 0.2) is 6.20 Å². The van der Waals surface area contributed by atoms with Gasteiger partial charge in [0.15, 0.2) is 0 Å². The van der Waals surface area contributed by atoms with Crippen molar-refractivity contribution in [1.29, 1.82) is 0 Å². The van der Waals surface area contributed by atoms with Gasteiger partial charge >= 0.3 is 0 Å². The highest BCUT2D eigenvalue weighted by atomic mass is 15.3. The van der Waals surface area contributed by atoms with Gasteiger partial charge in [-0.15, -0.1) is 0 Å². The van der Waals surface area contributed by atoms with Gasteiger partial charge in [0.1, 0.15) is 0 Å². The van der Waals surface area contributed by atoms with E-state index >= 15 is 0 Å². The maximum absolute atomic E-state index is 4.44. The van der Waals surface area contributed by atoms with E-state index in [1.54, 1.807) is 0 Å². The Morgan fingerprint density at radius 2 is 2.19 bits per heavy atom. The lowest BCUT2D eigenvalue weighted by molar-refractivity contribution is 0.607. The molecule has 0 amide bonds. The van der Waals surface area contributed by atoms with Crippen molar-refractivity contribution in [3.05, 3.63) is 17.5 Å². The molecule has 0 unspecified atom stereocenters. The van der Waals surface area contributed by atoms with Gasteiger partial charge in [-0.05, 0) is 44.8 Å². The number of hydrogen-bond acceptors (Lipinski definition) is 2. The molecule has 1 saturated carbocycles. The molecule has 3 heteroatoms. The molecule has 1 heterocycles. The van der Waals surface area contributed by atoms with Gasteiger partial charge in [0.05, 0.1) is 6.20 Å². The van der Waals surface area contributed by atoms with Gasteiger partial charge in [-0.1, -0.05) is 12.8 Å². The van der Waals surface area contributed by atoms with Gasteiger partial charge in [0, 0.05) is 18.7 Å². The topological polar surface area (TPSA) is 29.9 Å². The van der Waals surface area contributed by atoms with Crippen molar-refractivity contribution in [2.75, 3.05) is 13.6 Å². The second-order valence-corrected chi connectivity index (χ2v) is 4.87. The fraction of sp³-hybridized carbons (Fsp3) is 0.769. The lowest BCUT2D eigenvalue weighted by Gasteiger charge is -2.12. The Morgan fingerprint density at radius 3 is 2.88 bits per heavy atom. The molecule has 1 fully saturated rings. The quantitative estimate of drug-likeness (QED) is 0.773. The standard InChI is InChI=1S/C13H23N3/c1-14-9-5-8-12-10-15-16(2)13(12)11-6-3-4-7-11/h10-11,14H,3-9H2,1-2H3. The van der Waals surface area contributed by atoms with E-state index in [2.05, 4.69) is 28.3 Å². The smallest absolute Gasteiger partial charge is 0.0524 e. The summed E-state index contributed by atoms with van der Waals surface area (Å²) in [6, 6.07) is 0. The monoisotopic (exact) mass is 221 g/mol. The highest BCUT2D eigenvalue weighted by Crippen LogP contribution is 2.35. The average molecular weight is 221 g/mol. The van der Waals surface area contributed by atoms with Crippen molar-refractivity contribution < 1.29 is 0 Å². The average Bonchev–Trinajstić information content (AvgIpc) is 2.88. The Hall–Kier alpha value is -0.830. The molecule has 1 N–H and O–H groups in total. The Morgan fingerprint density at radius 1 is 1.44 bits per heavy atom. The second-order valence-electron chi connectivity index (χ2n) is 4.87. The molecule has 0 atom stereocenters. The van der Waals surface area contributed by atoms with Crippen LogP contribution in [0, 0.1) is 0 Å². The van der Waals surface area contributed by atoms with E-state index in [-0.39, 0.29) is 0 Å². The maximum atomic E-state index is 4.44. The maximum Gasteiger partial charge on any atom is 0.0524 e. The Balaban J connectivity index is 2.05. The van der Waals surface area contributed by atoms with Crippen LogP contribution in [0.2, 0.25) is 0 Å². The van der Waals surface area contributed by atoms with Crippen LogP contribution < -0.4 is 5.32 Å². The van der Waals surface area contributed by atoms with Crippen LogP contribution in [0.3, 0.4) is 0 Å². The van der Waals surface area contributed by atoms with Crippen LogP contribution in [0.5, 0.6) is 0 Å². The third-order valence-corrected chi connectivity index (χ3v) is 3.68. The molecule has 1 aliphatic rings.